The van der Waals surface area contributed by atoms with Crippen molar-refractivity contribution in [1.82, 2.24) is 4.90 Å². The fourth-order valence-electron chi connectivity index (χ4n) is 3.91. The van der Waals surface area contributed by atoms with Crippen LogP contribution in [0.4, 0.5) is 8.78 Å². The molecule has 4 heteroatoms. The van der Waals surface area contributed by atoms with Crippen LogP contribution in [0.5, 0.6) is 0 Å². The Balaban J connectivity index is 1.80. The smallest absolute Gasteiger partial charge is 0.262 e. The molecule has 1 aromatic carbocycles. The highest BCUT2D eigenvalue weighted by Crippen LogP contribution is 2.43. The van der Waals surface area contributed by atoms with Gasteiger partial charge in [0.1, 0.15) is 0 Å². The first-order valence-corrected chi connectivity index (χ1v) is 8.02. The topological polar surface area (TPSA) is 15.6 Å². The maximum absolute atomic E-state index is 13.8. The molecular formula is C18H24F2N2. The summed E-state index contributed by atoms with van der Waals surface area (Å²) in [6, 6.07) is 10.2. The number of halogens is 2. The Labute approximate surface area is 131 Å². The van der Waals surface area contributed by atoms with Gasteiger partial charge in [-0.15, -0.1) is 0 Å². The number of hydrogen-bond acceptors (Lipinski definition) is 2. The summed E-state index contributed by atoms with van der Waals surface area (Å²) < 4.78 is 27.5. The van der Waals surface area contributed by atoms with E-state index >= 15 is 0 Å². The van der Waals surface area contributed by atoms with Gasteiger partial charge in [-0.3, -0.25) is 9.89 Å². The second kappa shape index (κ2) is 5.41. The summed E-state index contributed by atoms with van der Waals surface area (Å²) in [4.78, 5) is 6.84. The molecule has 120 valence electrons. The Morgan fingerprint density at radius 3 is 2.59 bits per heavy atom. The van der Waals surface area contributed by atoms with Gasteiger partial charge in [0.15, 0.2) is 0 Å². The summed E-state index contributed by atoms with van der Waals surface area (Å²) in [5.74, 6) is -2.55. The molecule has 2 fully saturated rings. The van der Waals surface area contributed by atoms with Crippen LogP contribution in [0.3, 0.4) is 0 Å². The number of nitrogens with zero attached hydrogens (tertiary/aromatic N) is 2. The summed E-state index contributed by atoms with van der Waals surface area (Å²) in [5.41, 5.74) is 2.02. The van der Waals surface area contributed by atoms with Crippen LogP contribution in [-0.2, 0) is 0 Å². The highest BCUT2D eigenvalue weighted by atomic mass is 19.3. The molecule has 0 radical (unpaired) electrons. The minimum absolute atomic E-state index is 0.0326. The SMILES string of the molecule is CC(N=C1C[C@@H]2CC(F)(F)CN2C(C)(C)C1)c1ccccc1. The Morgan fingerprint density at radius 1 is 1.23 bits per heavy atom. The average Bonchev–Trinajstić information content (AvgIpc) is 2.74. The number of aliphatic imine (C=N–C) groups is 1. The molecule has 2 saturated heterocycles. The van der Waals surface area contributed by atoms with Gasteiger partial charge >= 0.3 is 0 Å². The predicted molar refractivity (Wildman–Crippen MR) is 85.7 cm³/mol. The highest BCUT2D eigenvalue weighted by Gasteiger charge is 2.52. The van der Waals surface area contributed by atoms with Crippen molar-refractivity contribution < 1.29 is 8.78 Å². The largest absolute Gasteiger partial charge is 0.288 e. The number of hydrogen-bond donors (Lipinski definition) is 0. The van der Waals surface area contributed by atoms with Gasteiger partial charge in [0, 0.05) is 36.6 Å². The van der Waals surface area contributed by atoms with Crippen molar-refractivity contribution in [3.8, 4) is 0 Å². The average molecular weight is 306 g/mol. The number of benzene rings is 1. The second-order valence-corrected chi connectivity index (χ2v) is 7.32. The molecule has 0 amide bonds. The Hall–Kier alpha value is -1.29. The molecule has 0 aromatic heterocycles. The van der Waals surface area contributed by atoms with E-state index in [0.29, 0.717) is 6.42 Å². The van der Waals surface area contributed by atoms with Gasteiger partial charge in [-0.05, 0) is 26.3 Å². The van der Waals surface area contributed by atoms with Gasteiger partial charge in [0.2, 0.25) is 0 Å². The molecule has 1 unspecified atom stereocenters. The molecule has 0 aliphatic carbocycles. The number of piperidine rings is 1. The minimum Gasteiger partial charge on any atom is -0.288 e. The summed E-state index contributed by atoms with van der Waals surface area (Å²) in [6.07, 6.45) is 1.42. The van der Waals surface area contributed by atoms with Crippen LogP contribution in [-0.4, -0.2) is 34.7 Å². The Bertz CT molecular complexity index is 566. The lowest BCUT2D eigenvalue weighted by atomic mass is 9.85. The summed E-state index contributed by atoms with van der Waals surface area (Å²) in [5, 5.41) is 0. The lowest BCUT2D eigenvalue weighted by Crippen LogP contribution is -2.53. The van der Waals surface area contributed by atoms with Crippen LogP contribution in [0.15, 0.2) is 35.3 Å². The van der Waals surface area contributed by atoms with E-state index in [4.69, 9.17) is 4.99 Å². The Morgan fingerprint density at radius 2 is 1.91 bits per heavy atom. The summed E-state index contributed by atoms with van der Waals surface area (Å²) in [6.45, 7) is 6.09. The van der Waals surface area contributed by atoms with Crippen molar-refractivity contribution in [2.24, 2.45) is 4.99 Å². The molecule has 0 saturated carbocycles. The molecule has 2 heterocycles. The fraction of sp³-hybridized carbons (Fsp3) is 0.611. The number of alkyl halides is 2. The van der Waals surface area contributed by atoms with Gasteiger partial charge in [-0.25, -0.2) is 8.78 Å². The monoisotopic (exact) mass is 306 g/mol. The summed E-state index contributed by atoms with van der Waals surface area (Å²) in [7, 11) is 0. The lowest BCUT2D eigenvalue weighted by molar-refractivity contribution is -0.000791. The van der Waals surface area contributed by atoms with E-state index < -0.39 is 5.92 Å². The molecule has 3 rings (SSSR count). The molecule has 2 nitrogen and oxygen atoms in total. The standard InChI is InChI=1S/C18H24F2N2/c1-13(14-7-5-4-6-8-14)21-15-9-16-11-18(19,20)12-22(16)17(2,3)10-15/h4-8,13,16H,9-12H2,1-3H3/t13?,16-/m1/s1. The quantitative estimate of drug-likeness (QED) is 0.787. The molecule has 0 spiro atoms. The molecule has 2 aliphatic heterocycles. The van der Waals surface area contributed by atoms with E-state index in [-0.39, 0.29) is 30.6 Å². The molecular weight excluding hydrogens is 282 g/mol. The second-order valence-electron chi connectivity index (χ2n) is 7.32. The first-order chi connectivity index (χ1) is 10.3. The van der Waals surface area contributed by atoms with Crippen molar-refractivity contribution in [2.45, 2.75) is 63.6 Å². The highest BCUT2D eigenvalue weighted by molar-refractivity contribution is 5.87. The normalized spacial score (nSPS) is 30.2. The fourth-order valence-corrected chi connectivity index (χ4v) is 3.91. The molecule has 0 N–H and O–H groups in total. The van der Waals surface area contributed by atoms with Gasteiger partial charge in [-0.2, -0.15) is 0 Å². The Kier molecular flexibility index (Phi) is 3.84. The van der Waals surface area contributed by atoms with Crippen LogP contribution < -0.4 is 0 Å². The third-order valence-electron chi connectivity index (χ3n) is 4.92. The maximum atomic E-state index is 13.8. The van der Waals surface area contributed by atoms with Crippen molar-refractivity contribution in [3.63, 3.8) is 0 Å². The molecule has 2 atom stereocenters. The van der Waals surface area contributed by atoms with Crippen molar-refractivity contribution in [2.75, 3.05) is 6.54 Å². The van der Waals surface area contributed by atoms with E-state index in [1.807, 2.05) is 23.1 Å². The van der Waals surface area contributed by atoms with E-state index in [1.54, 1.807) is 0 Å². The zero-order chi connectivity index (χ0) is 16.0. The van der Waals surface area contributed by atoms with Crippen LogP contribution >= 0.6 is 0 Å². The predicted octanol–water partition coefficient (Wildman–Crippen LogP) is 4.47. The van der Waals surface area contributed by atoms with Crippen LogP contribution in [0.25, 0.3) is 0 Å². The first-order valence-electron chi connectivity index (χ1n) is 8.02. The van der Waals surface area contributed by atoms with Crippen molar-refractivity contribution in [1.29, 1.82) is 0 Å². The van der Waals surface area contributed by atoms with Crippen molar-refractivity contribution >= 4 is 5.71 Å². The molecule has 22 heavy (non-hydrogen) atoms. The number of rotatable bonds is 2. The maximum Gasteiger partial charge on any atom is 0.262 e. The van der Waals surface area contributed by atoms with Gasteiger partial charge < -0.3 is 0 Å². The van der Waals surface area contributed by atoms with Crippen LogP contribution in [0.1, 0.15) is 51.6 Å². The third-order valence-corrected chi connectivity index (χ3v) is 4.92. The lowest BCUT2D eigenvalue weighted by Gasteiger charge is -2.44. The number of fused-ring (bicyclic) bond motifs is 1. The van der Waals surface area contributed by atoms with E-state index in [0.717, 1.165) is 12.1 Å². The molecule has 1 aromatic rings. The van der Waals surface area contributed by atoms with E-state index in [1.165, 1.54) is 5.56 Å². The zero-order valence-electron chi connectivity index (χ0n) is 13.5. The van der Waals surface area contributed by atoms with Crippen LogP contribution in [0.2, 0.25) is 0 Å². The van der Waals surface area contributed by atoms with E-state index in [2.05, 4.69) is 32.9 Å². The third kappa shape index (κ3) is 3.07. The summed E-state index contributed by atoms with van der Waals surface area (Å²) >= 11 is 0. The van der Waals surface area contributed by atoms with Crippen LogP contribution in [0, 0.1) is 0 Å². The first kappa shape index (κ1) is 15.6. The minimum atomic E-state index is -2.55. The molecule has 0 bridgehead atoms. The van der Waals surface area contributed by atoms with E-state index in [9.17, 15) is 8.78 Å². The zero-order valence-corrected chi connectivity index (χ0v) is 13.5. The van der Waals surface area contributed by atoms with Gasteiger partial charge in [0.05, 0.1) is 12.6 Å². The van der Waals surface area contributed by atoms with Gasteiger partial charge in [0.25, 0.3) is 5.92 Å². The molecule has 2 aliphatic rings. The van der Waals surface area contributed by atoms with Gasteiger partial charge in [-0.1, -0.05) is 30.3 Å². The van der Waals surface area contributed by atoms with Crippen molar-refractivity contribution in [3.05, 3.63) is 35.9 Å².